The van der Waals surface area contributed by atoms with E-state index < -0.39 is 0 Å². The molecule has 4 rings (SSSR count). The van der Waals surface area contributed by atoms with Crippen LogP contribution in [0, 0.1) is 29.6 Å². The van der Waals surface area contributed by atoms with Crippen molar-refractivity contribution >= 4 is 0 Å². The Morgan fingerprint density at radius 1 is 0.686 bits per heavy atom. The smallest absolute Gasteiger partial charge is 0.0897 e. The standard InChI is InChI=1S/C34H53F/c1-2-3-4-6-27-10-18-31(19-11-27)33-22-14-29(15-23-33)8-9-30-16-24-34(25-17-30)32-20-12-28(13-21-32)7-5-26-35/h3-4,12-13,20-21,27,29-31,33-34H,2,5-11,14-19,22-26H2,1H3/b4-3+/t27-,29-,30?,31-,33-,34?. The highest BCUT2D eigenvalue weighted by Crippen LogP contribution is 2.44. The minimum absolute atomic E-state index is 0.203. The van der Waals surface area contributed by atoms with Crippen molar-refractivity contribution in [2.45, 2.75) is 128 Å². The van der Waals surface area contributed by atoms with Crippen molar-refractivity contribution in [1.82, 2.24) is 0 Å². The maximum absolute atomic E-state index is 12.4. The van der Waals surface area contributed by atoms with E-state index in [1.165, 1.54) is 114 Å². The van der Waals surface area contributed by atoms with E-state index in [2.05, 4.69) is 43.3 Å². The molecule has 1 aromatic rings. The normalized spacial score (nSPS) is 32.2. The van der Waals surface area contributed by atoms with Crippen molar-refractivity contribution in [1.29, 1.82) is 0 Å². The second-order valence-corrected chi connectivity index (χ2v) is 12.5. The summed E-state index contributed by atoms with van der Waals surface area (Å²) in [5.41, 5.74) is 2.82. The molecule has 0 aromatic heterocycles. The fourth-order valence-electron chi connectivity index (χ4n) is 7.78. The molecule has 35 heavy (non-hydrogen) atoms. The van der Waals surface area contributed by atoms with Crippen LogP contribution in [0.5, 0.6) is 0 Å². The average Bonchev–Trinajstić information content (AvgIpc) is 2.92. The van der Waals surface area contributed by atoms with Gasteiger partial charge in [-0.3, -0.25) is 4.39 Å². The SMILES string of the molecule is CC/C=C/C[C@H]1CC[C@H]([C@H]2CC[C@H](CCC3CCC(c4ccc(CCCF)cc4)CC3)CC2)CC1. The zero-order valence-electron chi connectivity index (χ0n) is 22.7. The Bertz CT molecular complexity index is 709. The number of rotatable bonds is 11. The molecule has 1 aromatic carbocycles. The number of aryl methyl sites for hydroxylation is 1. The molecule has 0 radical (unpaired) electrons. The fraction of sp³-hybridized carbons (Fsp3) is 0.765. The Hall–Kier alpha value is -1.11. The van der Waals surface area contributed by atoms with Crippen molar-refractivity contribution in [3.63, 3.8) is 0 Å². The molecule has 3 saturated carbocycles. The lowest BCUT2D eigenvalue weighted by Gasteiger charge is -2.38. The molecule has 0 N–H and O–H groups in total. The quantitative estimate of drug-likeness (QED) is 0.276. The Morgan fingerprint density at radius 2 is 1.23 bits per heavy atom. The molecule has 0 aliphatic heterocycles. The number of alkyl halides is 1. The Kier molecular flexibility index (Phi) is 11.2. The zero-order valence-corrected chi connectivity index (χ0v) is 22.7. The van der Waals surface area contributed by atoms with Crippen LogP contribution in [0.1, 0.15) is 133 Å². The highest BCUT2D eigenvalue weighted by atomic mass is 19.1. The van der Waals surface area contributed by atoms with Crippen LogP contribution < -0.4 is 0 Å². The largest absolute Gasteiger partial charge is 0.251 e. The van der Waals surface area contributed by atoms with Crippen molar-refractivity contribution in [2.75, 3.05) is 6.67 Å². The highest BCUT2D eigenvalue weighted by molar-refractivity contribution is 5.26. The van der Waals surface area contributed by atoms with E-state index in [-0.39, 0.29) is 6.67 Å². The summed E-state index contributed by atoms with van der Waals surface area (Å²) in [6.07, 6.45) is 29.6. The first-order chi connectivity index (χ1) is 17.2. The summed E-state index contributed by atoms with van der Waals surface area (Å²) in [6.45, 7) is 2.04. The predicted octanol–water partition coefficient (Wildman–Crippen LogP) is 10.6. The van der Waals surface area contributed by atoms with Gasteiger partial charge in [0.05, 0.1) is 6.67 Å². The third-order valence-corrected chi connectivity index (χ3v) is 10.2. The van der Waals surface area contributed by atoms with E-state index in [4.69, 9.17) is 0 Å². The summed E-state index contributed by atoms with van der Waals surface area (Å²) in [7, 11) is 0. The van der Waals surface area contributed by atoms with Gasteiger partial charge < -0.3 is 0 Å². The molecule has 0 nitrogen and oxygen atoms in total. The van der Waals surface area contributed by atoms with Gasteiger partial charge in [-0.15, -0.1) is 0 Å². The molecule has 1 heteroatoms. The minimum Gasteiger partial charge on any atom is -0.251 e. The van der Waals surface area contributed by atoms with E-state index in [9.17, 15) is 4.39 Å². The highest BCUT2D eigenvalue weighted by Gasteiger charge is 2.31. The first kappa shape index (κ1) is 26.9. The number of halogens is 1. The molecule has 0 bridgehead atoms. The fourth-order valence-corrected chi connectivity index (χ4v) is 7.78. The van der Waals surface area contributed by atoms with Crippen LogP contribution in [0.25, 0.3) is 0 Å². The van der Waals surface area contributed by atoms with Crippen molar-refractivity contribution in [3.05, 3.63) is 47.5 Å². The van der Waals surface area contributed by atoms with Gasteiger partial charge in [-0.2, -0.15) is 0 Å². The third-order valence-electron chi connectivity index (χ3n) is 10.2. The van der Waals surface area contributed by atoms with Crippen LogP contribution in [0.15, 0.2) is 36.4 Å². The second kappa shape index (κ2) is 14.6. The molecule has 0 atom stereocenters. The molecule has 3 aliphatic rings. The molecule has 0 heterocycles. The lowest BCUT2D eigenvalue weighted by atomic mass is 9.68. The molecule has 0 unspecified atom stereocenters. The molecule has 0 amide bonds. The molecule has 196 valence electrons. The van der Waals surface area contributed by atoms with Crippen LogP contribution in [0.4, 0.5) is 4.39 Å². The first-order valence-corrected chi connectivity index (χ1v) is 15.5. The molecule has 3 aliphatic carbocycles. The van der Waals surface area contributed by atoms with Crippen LogP contribution in [0.3, 0.4) is 0 Å². The van der Waals surface area contributed by atoms with E-state index in [1.54, 1.807) is 0 Å². The van der Waals surface area contributed by atoms with Crippen LogP contribution >= 0.6 is 0 Å². The Morgan fingerprint density at radius 3 is 1.77 bits per heavy atom. The number of benzene rings is 1. The number of hydrogen-bond donors (Lipinski definition) is 0. The topological polar surface area (TPSA) is 0 Å². The van der Waals surface area contributed by atoms with Gasteiger partial charge in [-0.1, -0.05) is 69.0 Å². The van der Waals surface area contributed by atoms with Crippen LogP contribution in [-0.2, 0) is 6.42 Å². The minimum atomic E-state index is -0.203. The van der Waals surface area contributed by atoms with Crippen molar-refractivity contribution in [3.8, 4) is 0 Å². The monoisotopic (exact) mass is 480 g/mol. The summed E-state index contributed by atoms with van der Waals surface area (Å²) in [5, 5.41) is 0. The second-order valence-electron chi connectivity index (χ2n) is 12.5. The lowest BCUT2D eigenvalue weighted by Crippen LogP contribution is -2.26. The van der Waals surface area contributed by atoms with Gasteiger partial charge in [0.1, 0.15) is 0 Å². The number of hydrogen-bond acceptors (Lipinski definition) is 0. The van der Waals surface area contributed by atoms with Gasteiger partial charge in [0.15, 0.2) is 0 Å². The molecule has 0 spiro atoms. The Labute approximate surface area is 216 Å². The van der Waals surface area contributed by atoms with Gasteiger partial charge in [-0.05, 0) is 137 Å². The molecular formula is C34H53F. The maximum atomic E-state index is 12.4. The summed E-state index contributed by atoms with van der Waals surface area (Å²) in [6, 6.07) is 9.13. The molecule has 0 saturated heterocycles. The van der Waals surface area contributed by atoms with E-state index >= 15 is 0 Å². The van der Waals surface area contributed by atoms with E-state index in [1.807, 2.05) is 0 Å². The number of allylic oxidation sites excluding steroid dienone is 2. The van der Waals surface area contributed by atoms with Gasteiger partial charge in [0.25, 0.3) is 0 Å². The third kappa shape index (κ3) is 8.46. The summed E-state index contributed by atoms with van der Waals surface area (Å²) in [5.74, 6) is 5.84. The summed E-state index contributed by atoms with van der Waals surface area (Å²) in [4.78, 5) is 0. The van der Waals surface area contributed by atoms with Crippen LogP contribution in [-0.4, -0.2) is 6.67 Å². The molecular weight excluding hydrogens is 427 g/mol. The lowest BCUT2D eigenvalue weighted by molar-refractivity contribution is 0.140. The van der Waals surface area contributed by atoms with E-state index in [0.717, 1.165) is 41.9 Å². The molecule has 3 fully saturated rings. The summed E-state index contributed by atoms with van der Waals surface area (Å²) < 4.78 is 12.4. The van der Waals surface area contributed by atoms with E-state index in [0.29, 0.717) is 6.42 Å². The summed E-state index contributed by atoms with van der Waals surface area (Å²) >= 11 is 0. The van der Waals surface area contributed by atoms with Crippen LogP contribution in [0.2, 0.25) is 0 Å². The Balaban J connectivity index is 1.09. The van der Waals surface area contributed by atoms with Crippen molar-refractivity contribution < 1.29 is 4.39 Å². The van der Waals surface area contributed by atoms with Gasteiger partial charge in [0, 0.05) is 0 Å². The van der Waals surface area contributed by atoms with Gasteiger partial charge in [0.2, 0.25) is 0 Å². The first-order valence-electron chi connectivity index (χ1n) is 15.5. The van der Waals surface area contributed by atoms with Crippen molar-refractivity contribution in [2.24, 2.45) is 29.6 Å². The average molecular weight is 481 g/mol. The van der Waals surface area contributed by atoms with Gasteiger partial charge in [-0.25, -0.2) is 0 Å². The zero-order chi connectivity index (χ0) is 24.3. The maximum Gasteiger partial charge on any atom is 0.0897 e. The van der Waals surface area contributed by atoms with Gasteiger partial charge >= 0.3 is 0 Å². The predicted molar refractivity (Wildman–Crippen MR) is 150 cm³/mol.